The first kappa shape index (κ1) is 26.9. The summed E-state index contributed by atoms with van der Waals surface area (Å²) in [5, 5.41) is 11.1. The second kappa shape index (κ2) is 10.3. The second-order valence-corrected chi connectivity index (χ2v) is 10.6. The van der Waals surface area contributed by atoms with Crippen LogP contribution in [-0.4, -0.2) is 33.1 Å². The summed E-state index contributed by atoms with van der Waals surface area (Å²) in [5.41, 5.74) is -0.510. The topological polar surface area (TPSA) is 105 Å². The number of carboxylic acids is 1. The van der Waals surface area contributed by atoms with E-state index in [0.29, 0.717) is 62.9 Å². The van der Waals surface area contributed by atoms with E-state index in [9.17, 15) is 32.3 Å². The number of benzene rings is 1. The molecular formula is C26H26ClF3N2O5. The van der Waals surface area contributed by atoms with Gasteiger partial charge in [0.1, 0.15) is 5.69 Å². The molecule has 1 aliphatic carbocycles. The van der Waals surface area contributed by atoms with E-state index in [0.717, 1.165) is 0 Å². The van der Waals surface area contributed by atoms with E-state index in [1.807, 2.05) is 6.92 Å². The third-order valence-corrected chi connectivity index (χ3v) is 7.77. The molecule has 1 aromatic carbocycles. The number of amides is 1. The molecule has 2 heterocycles. The lowest BCUT2D eigenvalue weighted by molar-refractivity contribution is -0.138. The second-order valence-electron chi connectivity index (χ2n) is 10.2. The van der Waals surface area contributed by atoms with Gasteiger partial charge in [0, 0.05) is 42.9 Å². The predicted octanol–water partition coefficient (Wildman–Crippen LogP) is 5.57. The van der Waals surface area contributed by atoms with Crippen molar-refractivity contribution >= 4 is 40.7 Å². The Hall–Kier alpha value is -3.14. The fourth-order valence-corrected chi connectivity index (χ4v) is 5.80. The van der Waals surface area contributed by atoms with Crippen molar-refractivity contribution in [2.75, 3.05) is 5.32 Å². The van der Waals surface area contributed by atoms with Crippen LogP contribution in [0, 0.1) is 28.8 Å². The molecule has 37 heavy (non-hydrogen) atoms. The highest BCUT2D eigenvalue weighted by molar-refractivity contribution is 6.48. The van der Waals surface area contributed by atoms with Gasteiger partial charge < -0.3 is 15.0 Å². The van der Waals surface area contributed by atoms with Gasteiger partial charge in [-0.15, -0.1) is 0 Å². The van der Waals surface area contributed by atoms with E-state index in [1.54, 1.807) is 0 Å². The Kier molecular flexibility index (Phi) is 7.50. The van der Waals surface area contributed by atoms with Crippen LogP contribution in [0.25, 0.3) is 0 Å². The Bertz CT molecular complexity index is 1270. The van der Waals surface area contributed by atoms with Crippen LogP contribution in [-0.2, 0) is 22.6 Å². The van der Waals surface area contributed by atoms with E-state index >= 15 is 0 Å². The normalized spacial score (nSPS) is 20.9. The van der Waals surface area contributed by atoms with Crippen LogP contribution in [0.3, 0.4) is 0 Å². The van der Waals surface area contributed by atoms with Crippen molar-refractivity contribution in [3.05, 3.63) is 51.6 Å². The van der Waals surface area contributed by atoms with Gasteiger partial charge in [-0.2, -0.15) is 0 Å². The van der Waals surface area contributed by atoms with Crippen molar-refractivity contribution < 1.29 is 37.5 Å². The Morgan fingerprint density at radius 2 is 1.76 bits per heavy atom. The third kappa shape index (κ3) is 5.44. The molecule has 2 N–H and O–H groups in total. The average molecular weight is 539 g/mol. The highest BCUT2D eigenvalue weighted by Gasteiger charge is 2.39. The molecule has 0 radical (unpaired) electrons. The number of nitrogens with one attached hydrogen (secondary N) is 1. The van der Waals surface area contributed by atoms with Gasteiger partial charge in [-0.3, -0.25) is 19.2 Å². The minimum atomic E-state index is -1.67. The quantitative estimate of drug-likeness (QED) is 0.260. The maximum absolute atomic E-state index is 13.6. The molecule has 2 aromatic rings. The average Bonchev–Trinajstić information content (AvgIpc) is 3.37. The van der Waals surface area contributed by atoms with Crippen LogP contribution in [0.5, 0.6) is 0 Å². The van der Waals surface area contributed by atoms with Gasteiger partial charge in [0.25, 0.3) is 5.91 Å². The Balaban J connectivity index is 1.53. The molecule has 1 aliphatic heterocycles. The van der Waals surface area contributed by atoms with Gasteiger partial charge in [-0.25, -0.2) is 13.2 Å². The molecule has 1 fully saturated rings. The number of carbonyl (C=O) groups is 4. The first-order valence-corrected chi connectivity index (χ1v) is 12.4. The van der Waals surface area contributed by atoms with Crippen LogP contribution >= 0.6 is 11.6 Å². The van der Waals surface area contributed by atoms with E-state index in [-0.39, 0.29) is 40.7 Å². The highest BCUT2D eigenvalue weighted by atomic mass is 35.5. The fraction of sp³-hybridized carbons (Fsp3) is 0.462. The van der Waals surface area contributed by atoms with Gasteiger partial charge in [-0.1, -0.05) is 18.5 Å². The number of Topliss-reactive ketones (excluding diaryl/α,β-unsaturated/α-hetero) is 2. The maximum Gasteiger partial charge on any atom is 0.303 e. The highest BCUT2D eigenvalue weighted by Crippen LogP contribution is 2.43. The summed E-state index contributed by atoms with van der Waals surface area (Å²) >= 11 is 6.46. The summed E-state index contributed by atoms with van der Waals surface area (Å²) in [5.74, 6) is -7.74. The SMILES string of the molecule is CC1(CC(=O)C(=O)c2c(Cl)c(C(=O)Nc3cc(F)c(F)c(F)c3)c3n2CCC3)CCC(CC(=O)O)CC1. The van der Waals surface area contributed by atoms with Gasteiger partial charge in [0.05, 0.1) is 10.6 Å². The number of carboxylic acid groups (broad SMARTS) is 1. The molecule has 1 aromatic heterocycles. The summed E-state index contributed by atoms with van der Waals surface area (Å²) in [6, 6.07) is 1.25. The number of aromatic nitrogens is 1. The predicted molar refractivity (Wildman–Crippen MR) is 128 cm³/mol. The summed E-state index contributed by atoms with van der Waals surface area (Å²) in [6.07, 6.45) is 3.59. The lowest BCUT2D eigenvalue weighted by Gasteiger charge is -2.36. The number of hydrogen-bond donors (Lipinski definition) is 2. The largest absolute Gasteiger partial charge is 0.481 e. The van der Waals surface area contributed by atoms with Gasteiger partial charge >= 0.3 is 5.97 Å². The van der Waals surface area contributed by atoms with E-state index < -0.39 is 46.3 Å². The standard InChI is InChI=1S/C26H26ClF3N2O5/c1-26(6-4-13(5-7-26)9-19(34)35)12-18(33)24(36)23-21(27)20(17-3-2-8-32(17)23)25(37)31-14-10-15(28)22(30)16(29)11-14/h10-11,13H,2-9,12H2,1H3,(H,31,37)(H,34,35). The molecule has 0 spiro atoms. The Morgan fingerprint density at radius 3 is 2.35 bits per heavy atom. The van der Waals surface area contributed by atoms with Gasteiger partial charge in [0.15, 0.2) is 17.5 Å². The molecule has 4 rings (SSSR count). The molecule has 0 saturated heterocycles. The molecule has 0 unspecified atom stereocenters. The number of ketones is 2. The van der Waals surface area contributed by atoms with E-state index in [2.05, 4.69) is 5.32 Å². The summed E-state index contributed by atoms with van der Waals surface area (Å²) in [7, 11) is 0. The van der Waals surface area contributed by atoms with Gasteiger partial charge in [0.2, 0.25) is 11.6 Å². The number of anilines is 1. The smallest absolute Gasteiger partial charge is 0.303 e. The van der Waals surface area contributed by atoms with Crippen molar-refractivity contribution in [1.82, 2.24) is 4.57 Å². The number of hydrogen-bond acceptors (Lipinski definition) is 4. The zero-order valence-corrected chi connectivity index (χ0v) is 20.9. The molecule has 0 atom stereocenters. The fourth-order valence-electron chi connectivity index (χ4n) is 5.42. The number of rotatable bonds is 8. The zero-order valence-electron chi connectivity index (χ0n) is 20.1. The minimum Gasteiger partial charge on any atom is -0.481 e. The number of aliphatic carboxylic acids is 1. The molecule has 198 valence electrons. The van der Waals surface area contributed by atoms with Crippen LogP contribution in [0.1, 0.15) is 78.4 Å². The van der Waals surface area contributed by atoms with Gasteiger partial charge in [-0.05, 0) is 49.9 Å². The number of halogens is 4. The summed E-state index contributed by atoms with van der Waals surface area (Å²) in [4.78, 5) is 50.3. The maximum atomic E-state index is 13.6. The first-order chi connectivity index (χ1) is 17.4. The number of nitrogens with zero attached hydrogens (tertiary/aromatic N) is 1. The number of fused-ring (bicyclic) bond motifs is 1. The first-order valence-electron chi connectivity index (χ1n) is 12.1. The zero-order chi connectivity index (χ0) is 27.1. The molecule has 1 saturated carbocycles. The molecule has 7 nitrogen and oxygen atoms in total. The van der Waals surface area contributed by atoms with E-state index in [1.165, 1.54) is 4.57 Å². The molecule has 11 heteroatoms. The number of carbonyl (C=O) groups excluding carboxylic acids is 3. The monoisotopic (exact) mass is 538 g/mol. The third-order valence-electron chi connectivity index (χ3n) is 7.41. The van der Waals surface area contributed by atoms with Crippen molar-refractivity contribution in [2.45, 2.75) is 64.8 Å². The molecule has 1 amide bonds. The lowest BCUT2D eigenvalue weighted by atomic mass is 9.68. The van der Waals surface area contributed by atoms with Crippen LogP contribution in [0.15, 0.2) is 12.1 Å². The minimum absolute atomic E-state index is 0.0296. The van der Waals surface area contributed by atoms with Crippen molar-refractivity contribution in [1.29, 1.82) is 0 Å². The molecule has 0 bridgehead atoms. The van der Waals surface area contributed by atoms with E-state index in [4.69, 9.17) is 16.7 Å². The Morgan fingerprint density at radius 1 is 1.14 bits per heavy atom. The van der Waals surface area contributed by atoms with Crippen molar-refractivity contribution in [3.8, 4) is 0 Å². The van der Waals surface area contributed by atoms with Crippen molar-refractivity contribution in [3.63, 3.8) is 0 Å². The summed E-state index contributed by atoms with van der Waals surface area (Å²) in [6.45, 7) is 2.27. The Labute approximate surface area is 216 Å². The van der Waals surface area contributed by atoms with Crippen molar-refractivity contribution in [2.24, 2.45) is 11.3 Å². The lowest BCUT2D eigenvalue weighted by Crippen LogP contribution is -2.31. The summed E-state index contributed by atoms with van der Waals surface area (Å²) < 4.78 is 42.0. The molecular weight excluding hydrogens is 513 g/mol. The van der Waals surface area contributed by atoms with Crippen LogP contribution < -0.4 is 5.32 Å². The van der Waals surface area contributed by atoms with Crippen LogP contribution in [0.2, 0.25) is 5.02 Å². The molecule has 2 aliphatic rings. The van der Waals surface area contributed by atoms with Crippen LogP contribution in [0.4, 0.5) is 18.9 Å².